The van der Waals surface area contributed by atoms with Crippen LogP contribution in [0.3, 0.4) is 0 Å². The van der Waals surface area contributed by atoms with E-state index in [1.807, 2.05) is 0 Å². The van der Waals surface area contributed by atoms with Gasteiger partial charge in [-0.05, 0) is 0 Å². The molecule has 0 radical (unpaired) electrons. The molecule has 6 nitrogen and oxygen atoms in total. The fourth-order valence-corrected chi connectivity index (χ4v) is 2.63. The van der Waals surface area contributed by atoms with Crippen LogP contribution in [0.4, 0.5) is 0 Å². The van der Waals surface area contributed by atoms with Gasteiger partial charge < -0.3 is 5.73 Å². The van der Waals surface area contributed by atoms with Crippen LogP contribution < -0.4 is 5.73 Å². The molecule has 2 N–H and O–H groups in total. The standard InChI is InChI=1S/C6H10N2O4S2/c1-2-13(9,10)3-5-4-14(11,12)6(7)8-5/h4H,2-3H2,1H3,(H2,7,8). The van der Waals surface area contributed by atoms with Crippen LogP contribution in [0.25, 0.3) is 0 Å². The van der Waals surface area contributed by atoms with Gasteiger partial charge in [-0.15, -0.1) is 0 Å². The van der Waals surface area contributed by atoms with E-state index in [0.717, 1.165) is 5.41 Å². The second-order valence-electron chi connectivity index (χ2n) is 2.78. The molecule has 8 heteroatoms. The molecule has 0 fully saturated rings. The first-order chi connectivity index (χ1) is 6.27. The largest absolute Gasteiger partial charge is 0.374 e. The third kappa shape index (κ3) is 2.32. The van der Waals surface area contributed by atoms with Gasteiger partial charge in [0.05, 0.1) is 16.9 Å². The molecule has 0 unspecified atom stereocenters. The maximum absolute atomic E-state index is 11.1. The first kappa shape index (κ1) is 11.2. The molecule has 0 bridgehead atoms. The average molecular weight is 238 g/mol. The number of sulfone groups is 2. The van der Waals surface area contributed by atoms with Crippen LogP contribution in [-0.2, 0) is 19.7 Å². The van der Waals surface area contributed by atoms with Gasteiger partial charge in [0.15, 0.2) is 9.84 Å². The lowest BCUT2D eigenvalue weighted by Crippen LogP contribution is -2.18. The summed E-state index contributed by atoms with van der Waals surface area (Å²) in [5.41, 5.74) is 5.05. The molecule has 0 atom stereocenters. The monoisotopic (exact) mass is 238 g/mol. The fourth-order valence-electron chi connectivity index (χ4n) is 0.865. The molecule has 80 valence electrons. The Kier molecular flexibility index (Phi) is 2.68. The smallest absolute Gasteiger partial charge is 0.234 e. The predicted octanol–water partition coefficient (Wildman–Crippen LogP) is -0.994. The highest BCUT2D eigenvalue weighted by atomic mass is 32.2. The topological polar surface area (TPSA) is 107 Å². The van der Waals surface area contributed by atoms with Gasteiger partial charge >= 0.3 is 0 Å². The maximum Gasteiger partial charge on any atom is 0.234 e. The van der Waals surface area contributed by atoms with Crippen LogP contribution in [0, 0.1) is 0 Å². The van der Waals surface area contributed by atoms with Gasteiger partial charge in [-0.3, -0.25) is 0 Å². The van der Waals surface area contributed by atoms with Crippen molar-refractivity contribution in [1.82, 2.24) is 0 Å². The number of rotatable bonds is 3. The Balaban J connectivity index is 2.98. The summed E-state index contributed by atoms with van der Waals surface area (Å²) in [6, 6.07) is 0. The van der Waals surface area contributed by atoms with Crippen molar-refractivity contribution in [3.63, 3.8) is 0 Å². The number of amidine groups is 1. The SMILES string of the molecule is CCS(=O)(=O)CC1=CS(=O)(=O)C(N)=N1. The lowest BCUT2D eigenvalue weighted by Gasteiger charge is -1.97. The van der Waals surface area contributed by atoms with E-state index in [4.69, 9.17) is 5.73 Å². The summed E-state index contributed by atoms with van der Waals surface area (Å²) in [4.78, 5) is 3.46. The second kappa shape index (κ2) is 3.35. The van der Waals surface area contributed by atoms with E-state index in [-0.39, 0.29) is 17.2 Å². The van der Waals surface area contributed by atoms with E-state index in [0.29, 0.717) is 0 Å². The number of aliphatic imine (C=N–C) groups is 1. The summed E-state index contributed by atoms with van der Waals surface area (Å²) in [5.74, 6) is -0.441. The van der Waals surface area contributed by atoms with Crippen molar-refractivity contribution in [2.24, 2.45) is 10.7 Å². The van der Waals surface area contributed by atoms with E-state index < -0.39 is 24.8 Å². The Hall–Kier alpha value is -0.890. The minimum absolute atomic E-state index is 0.0237. The molecular formula is C6H10N2O4S2. The van der Waals surface area contributed by atoms with Crippen molar-refractivity contribution in [2.75, 3.05) is 11.5 Å². The zero-order valence-electron chi connectivity index (χ0n) is 7.47. The summed E-state index contributed by atoms with van der Waals surface area (Å²) in [6.07, 6.45) is 0. The molecule has 0 saturated heterocycles. The van der Waals surface area contributed by atoms with Crippen molar-refractivity contribution in [3.8, 4) is 0 Å². The summed E-state index contributed by atoms with van der Waals surface area (Å²) in [7, 11) is -6.93. The highest BCUT2D eigenvalue weighted by Crippen LogP contribution is 2.14. The van der Waals surface area contributed by atoms with E-state index in [9.17, 15) is 16.8 Å². The highest BCUT2D eigenvalue weighted by molar-refractivity contribution is 8.09. The molecule has 0 amide bonds. The Labute approximate surface area is 82.4 Å². The third-order valence-corrected chi connectivity index (χ3v) is 4.52. The number of hydrogen-bond donors (Lipinski definition) is 1. The zero-order chi connectivity index (χ0) is 11.0. The molecule has 14 heavy (non-hydrogen) atoms. The summed E-state index contributed by atoms with van der Waals surface area (Å²) >= 11 is 0. The average Bonchev–Trinajstić information content (AvgIpc) is 2.24. The number of hydrogen-bond acceptors (Lipinski definition) is 6. The Morgan fingerprint density at radius 2 is 2.07 bits per heavy atom. The van der Waals surface area contributed by atoms with E-state index in [1.165, 1.54) is 6.92 Å². The van der Waals surface area contributed by atoms with Crippen molar-refractivity contribution in [1.29, 1.82) is 0 Å². The quantitative estimate of drug-likeness (QED) is 0.679. The van der Waals surface area contributed by atoms with E-state index in [1.54, 1.807) is 0 Å². The Morgan fingerprint density at radius 1 is 1.50 bits per heavy atom. The predicted molar refractivity (Wildman–Crippen MR) is 53.0 cm³/mol. The summed E-state index contributed by atoms with van der Waals surface area (Å²) in [6.45, 7) is 1.48. The molecule has 0 saturated carbocycles. The molecule has 0 aromatic rings. The third-order valence-electron chi connectivity index (χ3n) is 1.64. The van der Waals surface area contributed by atoms with Crippen molar-refractivity contribution in [3.05, 3.63) is 11.1 Å². The van der Waals surface area contributed by atoms with Gasteiger partial charge in [0.25, 0.3) is 0 Å². The van der Waals surface area contributed by atoms with Crippen molar-refractivity contribution < 1.29 is 16.8 Å². The second-order valence-corrected chi connectivity index (χ2v) is 6.88. The van der Waals surface area contributed by atoms with Gasteiger partial charge in [0.2, 0.25) is 15.0 Å². The minimum atomic E-state index is -3.65. The minimum Gasteiger partial charge on any atom is -0.374 e. The summed E-state index contributed by atoms with van der Waals surface area (Å²) < 4.78 is 44.3. The van der Waals surface area contributed by atoms with Crippen LogP contribution >= 0.6 is 0 Å². The maximum atomic E-state index is 11.1. The molecule has 0 aliphatic carbocycles. The summed E-state index contributed by atoms with van der Waals surface area (Å²) in [5, 5.41) is 0.244. The van der Waals surface area contributed by atoms with Gasteiger partial charge in [-0.1, -0.05) is 6.92 Å². The van der Waals surface area contributed by atoms with Crippen LogP contribution in [0.2, 0.25) is 0 Å². The zero-order valence-corrected chi connectivity index (χ0v) is 9.10. The first-order valence-electron chi connectivity index (χ1n) is 3.77. The van der Waals surface area contributed by atoms with Crippen molar-refractivity contribution >= 4 is 24.8 Å². The Bertz CT molecular complexity index is 498. The molecule has 0 aromatic carbocycles. The van der Waals surface area contributed by atoms with Crippen LogP contribution in [-0.4, -0.2) is 33.5 Å². The molecular weight excluding hydrogens is 228 g/mol. The number of nitrogens with zero attached hydrogens (tertiary/aromatic N) is 1. The van der Waals surface area contributed by atoms with E-state index in [2.05, 4.69) is 4.99 Å². The molecule has 1 aliphatic rings. The fraction of sp³-hybridized carbons (Fsp3) is 0.500. The molecule has 0 aromatic heterocycles. The van der Waals surface area contributed by atoms with Gasteiger partial charge in [-0.25, -0.2) is 21.8 Å². The lowest BCUT2D eigenvalue weighted by atomic mass is 10.6. The van der Waals surface area contributed by atoms with Gasteiger partial charge in [-0.2, -0.15) is 0 Å². The first-order valence-corrected chi connectivity index (χ1v) is 7.14. The molecule has 1 rings (SSSR count). The van der Waals surface area contributed by atoms with Gasteiger partial charge in [0.1, 0.15) is 0 Å². The van der Waals surface area contributed by atoms with Gasteiger partial charge in [0, 0.05) is 5.75 Å². The molecule has 0 spiro atoms. The van der Waals surface area contributed by atoms with Crippen molar-refractivity contribution in [2.45, 2.75) is 6.92 Å². The molecule has 1 aliphatic heterocycles. The highest BCUT2D eigenvalue weighted by Gasteiger charge is 2.24. The van der Waals surface area contributed by atoms with Crippen LogP contribution in [0.15, 0.2) is 16.1 Å². The van der Waals surface area contributed by atoms with E-state index >= 15 is 0 Å². The Morgan fingerprint density at radius 3 is 2.43 bits per heavy atom. The van der Waals surface area contributed by atoms with Crippen LogP contribution in [0.5, 0.6) is 0 Å². The normalized spacial score (nSPS) is 20.4. The molecule has 1 heterocycles. The lowest BCUT2D eigenvalue weighted by molar-refractivity contribution is 0.599. The van der Waals surface area contributed by atoms with Crippen LogP contribution in [0.1, 0.15) is 6.92 Å². The number of nitrogens with two attached hydrogens (primary N) is 1.